The minimum atomic E-state index is -0.000325. The normalized spacial score (nSPS) is 30.2. The standard InChI is InChI=1S/C11H20N2O2/c1-2-15-10-6-9(7-10)13-11(14)12-8-4-3-5-8/h8-10H,2-7H2,1H3,(H2,12,13,14). The highest BCUT2D eigenvalue weighted by Crippen LogP contribution is 2.23. The minimum absolute atomic E-state index is 0.000325. The van der Waals surface area contributed by atoms with E-state index in [4.69, 9.17) is 4.74 Å². The van der Waals surface area contributed by atoms with E-state index < -0.39 is 0 Å². The Kier molecular flexibility index (Phi) is 3.46. The predicted octanol–water partition coefficient (Wildman–Crippen LogP) is 1.41. The molecule has 2 saturated carbocycles. The quantitative estimate of drug-likeness (QED) is 0.740. The second-order valence-corrected chi connectivity index (χ2v) is 4.49. The Morgan fingerprint density at radius 1 is 1.27 bits per heavy atom. The number of hydrogen-bond acceptors (Lipinski definition) is 2. The molecule has 0 aliphatic heterocycles. The van der Waals surface area contributed by atoms with Gasteiger partial charge in [0.2, 0.25) is 0 Å². The van der Waals surface area contributed by atoms with Crippen molar-refractivity contribution in [1.29, 1.82) is 0 Å². The molecule has 2 amide bonds. The molecule has 0 radical (unpaired) electrons. The van der Waals surface area contributed by atoms with E-state index in [1.165, 1.54) is 6.42 Å². The number of carbonyl (C=O) groups is 1. The molecule has 0 unspecified atom stereocenters. The van der Waals surface area contributed by atoms with Gasteiger partial charge in [-0.25, -0.2) is 4.79 Å². The molecular weight excluding hydrogens is 192 g/mol. The predicted molar refractivity (Wildman–Crippen MR) is 57.7 cm³/mol. The highest BCUT2D eigenvalue weighted by atomic mass is 16.5. The van der Waals surface area contributed by atoms with Crippen LogP contribution in [-0.4, -0.2) is 30.8 Å². The lowest BCUT2D eigenvalue weighted by atomic mass is 9.89. The molecule has 0 bridgehead atoms. The largest absolute Gasteiger partial charge is 0.378 e. The zero-order chi connectivity index (χ0) is 10.7. The van der Waals surface area contributed by atoms with Gasteiger partial charge in [0.1, 0.15) is 0 Å². The third kappa shape index (κ3) is 2.84. The number of hydrogen-bond donors (Lipinski definition) is 2. The van der Waals surface area contributed by atoms with Crippen LogP contribution in [0.3, 0.4) is 0 Å². The molecule has 4 nitrogen and oxygen atoms in total. The van der Waals surface area contributed by atoms with Crippen LogP contribution in [0.15, 0.2) is 0 Å². The van der Waals surface area contributed by atoms with E-state index in [1.54, 1.807) is 0 Å². The van der Waals surface area contributed by atoms with Crippen LogP contribution in [0.1, 0.15) is 39.0 Å². The summed E-state index contributed by atoms with van der Waals surface area (Å²) in [6.07, 6.45) is 5.82. The topological polar surface area (TPSA) is 50.4 Å². The van der Waals surface area contributed by atoms with E-state index in [0.29, 0.717) is 18.2 Å². The van der Waals surface area contributed by atoms with Crippen molar-refractivity contribution in [3.8, 4) is 0 Å². The summed E-state index contributed by atoms with van der Waals surface area (Å²) < 4.78 is 5.43. The molecule has 0 aromatic heterocycles. The maximum Gasteiger partial charge on any atom is 0.315 e. The molecule has 15 heavy (non-hydrogen) atoms. The minimum Gasteiger partial charge on any atom is -0.378 e. The fourth-order valence-electron chi connectivity index (χ4n) is 2.02. The molecular formula is C11H20N2O2. The van der Waals surface area contributed by atoms with Gasteiger partial charge in [-0.15, -0.1) is 0 Å². The summed E-state index contributed by atoms with van der Waals surface area (Å²) >= 11 is 0. The van der Waals surface area contributed by atoms with Crippen molar-refractivity contribution in [2.45, 2.75) is 57.2 Å². The number of amides is 2. The van der Waals surface area contributed by atoms with E-state index in [0.717, 1.165) is 32.3 Å². The molecule has 0 heterocycles. The Balaban J connectivity index is 1.56. The Bertz CT molecular complexity index is 223. The van der Waals surface area contributed by atoms with Gasteiger partial charge in [-0.1, -0.05) is 0 Å². The number of ether oxygens (including phenoxy) is 1. The first-order valence-corrected chi connectivity index (χ1v) is 5.96. The van der Waals surface area contributed by atoms with Gasteiger partial charge in [0.05, 0.1) is 6.10 Å². The molecule has 0 spiro atoms. The first kappa shape index (κ1) is 10.7. The van der Waals surface area contributed by atoms with Crippen LogP contribution in [0.2, 0.25) is 0 Å². The molecule has 86 valence electrons. The SMILES string of the molecule is CCOC1CC(NC(=O)NC2CCC2)C1. The molecule has 0 atom stereocenters. The van der Waals surface area contributed by atoms with Crippen molar-refractivity contribution in [3.63, 3.8) is 0 Å². The fourth-order valence-corrected chi connectivity index (χ4v) is 2.02. The van der Waals surface area contributed by atoms with Crippen molar-refractivity contribution in [3.05, 3.63) is 0 Å². The van der Waals surface area contributed by atoms with Crippen molar-refractivity contribution in [2.24, 2.45) is 0 Å². The lowest BCUT2D eigenvalue weighted by Crippen LogP contribution is -2.53. The van der Waals surface area contributed by atoms with Crippen LogP contribution in [0, 0.1) is 0 Å². The molecule has 2 N–H and O–H groups in total. The van der Waals surface area contributed by atoms with Gasteiger partial charge in [0.25, 0.3) is 0 Å². The van der Waals surface area contributed by atoms with E-state index in [2.05, 4.69) is 10.6 Å². The Morgan fingerprint density at radius 3 is 2.47 bits per heavy atom. The van der Waals surface area contributed by atoms with Gasteiger partial charge in [-0.3, -0.25) is 0 Å². The van der Waals surface area contributed by atoms with Crippen LogP contribution in [0.4, 0.5) is 4.79 Å². The van der Waals surface area contributed by atoms with Gasteiger partial charge >= 0.3 is 6.03 Å². The smallest absolute Gasteiger partial charge is 0.315 e. The number of urea groups is 1. The molecule has 4 heteroatoms. The maximum absolute atomic E-state index is 11.5. The molecule has 2 aliphatic rings. The third-order valence-electron chi connectivity index (χ3n) is 3.27. The van der Waals surface area contributed by atoms with Crippen LogP contribution >= 0.6 is 0 Å². The van der Waals surface area contributed by atoms with E-state index >= 15 is 0 Å². The van der Waals surface area contributed by atoms with Crippen LogP contribution in [0.5, 0.6) is 0 Å². The van der Waals surface area contributed by atoms with Gasteiger partial charge in [0, 0.05) is 18.7 Å². The van der Waals surface area contributed by atoms with Crippen molar-refractivity contribution in [2.75, 3.05) is 6.61 Å². The lowest BCUT2D eigenvalue weighted by Gasteiger charge is -2.36. The number of nitrogens with one attached hydrogen (secondary N) is 2. The van der Waals surface area contributed by atoms with Crippen LogP contribution in [0.25, 0.3) is 0 Å². The molecule has 0 aromatic carbocycles. The lowest BCUT2D eigenvalue weighted by molar-refractivity contribution is -0.00720. The van der Waals surface area contributed by atoms with Crippen molar-refractivity contribution >= 4 is 6.03 Å². The van der Waals surface area contributed by atoms with Gasteiger partial charge in [-0.2, -0.15) is 0 Å². The zero-order valence-electron chi connectivity index (χ0n) is 9.29. The molecule has 2 fully saturated rings. The third-order valence-corrected chi connectivity index (χ3v) is 3.27. The van der Waals surface area contributed by atoms with Crippen LogP contribution in [-0.2, 0) is 4.74 Å². The van der Waals surface area contributed by atoms with E-state index in [9.17, 15) is 4.79 Å². The molecule has 0 aromatic rings. The summed E-state index contributed by atoms with van der Waals surface area (Å²) in [6.45, 7) is 2.77. The molecule has 0 saturated heterocycles. The maximum atomic E-state index is 11.5. The first-order chi connectivity index (χ1) is 7.28. The first-order valence-electron chi connectivity index (χ1n) is 5.96. The highest BCUT2D eigenvalue weighted by molar-refractivity contribution is 5.74. The van der Waals surface area contributed by atoms with Crippen molar-refractivity contribution < 1.29 is 9.53 Å². The summed E-state index contributed by atoms with van der Waals surface area (Å²) in [6, 6.07) is 0.744. The number of rotatable bonds is 4. The van der Waals surface area contributed by atoms with Crippen LogP contribution < -0.4 is 10.6 Å². The summed E-state index contributed by atoms with van der Waals surface area (Å²) in [4.78, 5) is 11.5. The zero-order valence-corrected chi connectivity index (χ0v) is 9.29. The summed E-state index contributed by atoms with van der Waals surface area (Å²) in [5, 5.41) is 5.95. The average molecular weight is 212 g/mol. The van der Waals surface area contributed by atoms with Gasteiger partial charge in [0.15, 0.2) is 0 Å². The molecule has 2 rings (SSSR count). The van der Waals surface area contributed by atoms with E-state index in [1.807, 2.05) is 6.92 Å². The molecule has 2 aliphatic carbocycles. The summed E-state index contributed by atoms with van der Waals surface area (Å²) in [5.74, 6) is 0. The highest BCUT2D eigenvalue weighted by Gasteiger charge is 2.31. The fraction of sp³-hybridized carbons (Fsp3) is 0.909. The Hall–Kier alpha value is -0.770. The summed E-state index contributed by atoms with van der Waals surface area (Å²) in [5.41, 5.74) is 0. The van der Waals surface area contributed by atoms with Gasteiger partial charge in [-0.05, 0) is 39.0 Å². The Labute approximate surface area is 90.8 Å². The second-order valence-electron chi connectivity index (χ2n) is 4.49. The monoisotopic (exact) mass is 212 g/mol. The second kappa shape index (κ2) is 4.84. The van der Waals surface area contributed by atoms with E-state index in [-0.39, 0.29) is 6.03 Å². The summed E-state index contributed by atoms with van der Waals surface area (Å²) in [7, 11) is 0. The van der Waals surface area contributed by atoms with Gasteiger partial charge < -0.3 is 15.4 Å². The Morgan fingerprint density at radius 2 is 1.93 bits per heavy atom. The number of carbonyl (C=O) groups excluding carboxylic acids is 1. The average Bonchev–Trinajstić information content (AvgIpc) is 2.08. The van der Waals surface area contributed by atoms with Crippen molar-refractivity contribution in [1.82, 2.24) is 10.6 Å².